The number of ether oxygens (including phenoxy) is 1. The lowest BCUT2D eigenvalue weighted by atomic mass is 10.2. The third-order valence-electron chi connectivity index (χ3n) is 4.16. The van der Waals surface area contributed by atoms with Crippen LogP contribution in [0.15, 0.2) is 58.5 Å². The predicted molar refractivity (Wildman–Crippen MR) is 112 cm³/mol. The highest BCUT2D eigenvalue weighted by atomic mass is 32.2. The minimum Gasteiger partial charge on any atom is -0.383 e. The summed E-state index contributed by atoms with van der Waals surface area (Å²) >= 11 is 1.18. The summed E-state index contributed by atoms with van der Waals surface area (Å²) in [6, 6.07) is 15.7. The van der Waals surface area contributed by atoms with Gasteiger partial charge in [0.25, 0.3) is 5.56 Å². The standard InChI is InChI=1S/C21H20N4O3S/c1-14(12-28-2)23-19(26)13-29-21-24-18-6-4-3-5-17(18)20(27)25(21)16-9-7-15(11-22)8-10-16/h3-10,14H,12-13H2,1-2H3,(H,23,26). The number of carbonyl (C=O) groups is 1. The number of para-hydroxylation sites is 1. The molecule has 1 heterocycles. The third-order valence-corrected chi connectivity index (χ3v) is 5.09. The van der Waals surface area contributed by atoms with Crippen LogP contribution in [0.1, 0.15) is 12.5 Å². The Hall–Kier alpha value is -3.15. The SMILES string of the molecule is COCC(C)NC(=O)CSc1nc2ccccc2c(=O)n1-c1ccc(C#N)cc1. The number of methoxy groups -OCH3 is 1. The van der Waals surface area contributed by atoms with Crippen LogP contribution in [-0.4, -0.2) is 41.0 Å². The molecule has 148 valence electrons. The summed E-state index contributed by atoms with van der Waals surface area (Å²) in [5.41, 5.74) is 1.42. The maximum atomic E-state index is 13.1. The first-order valence-electron chi connectivity index (χ1n) is 8.97. The van der Waals surface area contributed by atoms with E-state index < -0.39 is 0 Å². The molecule has 0 aliphatic heterocycles. The minimum absolute atomic E-state index is 0.106. The Morgan fingerprint density at radius 2 is 2.00 bits per heavy atom. The van der Waals surface area contributed by atoms with E-state index in [9.17, 15) is 9.59 Å². The van der Waals surface area contributed by atoms with Gasteiger partial charge in [0.15, 0.2) is 5.16 Å². The molecule has 0 saturated carbocycles. The zero-order valence-corrected chi connectivity index (χ0v) is 16.9. The molecule has 1 unspecified atom stereocenters. The van der Waals surface area contributed by atoms with E-state index in [4.69, 9.17) is 10.00 Å². The quantitative estimate of drug-likeness (QED) is 0.477. The zero-order valence-electron chi connectivity index (χ0n) is 16.1. The highest BCUT2D eigenvalue weighted by Crippen LogP contribution is 2.21. The number of nitrogens with one attached hydrogen (secondary N) is 1. The number of hydrogen-bond acceptors (Lipinski definition) is 6. The number of benzene rings is 2. The van der Waals surface area contributed by atoms with Crippen molar-refractivity contribution in [3.63, 3.8) is 0 Å². The predicted octanol–water partition coefficient (Wildman–Crippen LogP) is 2.50. The van der Waals surface area contributed by atoms with Crippen LogP contribution in [0.25, 0.3) is 16.6 Å². The van der Waals surface area contributed by atoms with Crippen molar-refractivity contribution in [3.8, 4) is 11.8 Å². The number of fused-ring (bicyclic) bond motifs is 1. The largest absolute Gasteiger partial charge is 0.383 e. The molecule has 0 spiro atoms. The minimum atomic E-state index is -0.226. The van der Waals surface area contributed by atoms with E-state index in [1.807, 2.05) is 13.0 Å². The molecular formula is C21H20N4O3S. The highest BCUT2D eigenvalue weighted by molar-refractivity contribution is 7.99. The van der Waals surface area contributed by atoms with E-state index in [1.54, 1.807) is 49.6 Å². The van der Waals surface area contributed by atoms with Gasteiger partial charge in [-0.15, -0.1) is 0 Å². The van der Waals surface area contributed by atoms with Crippen LogP contribution in [0.2, 0.25) is 0 Å². The molecule has 2 aromatic carbocycles. The highest BCUT2D eigenvalue weighted by Gasteiger charge is 2.15. The van der Waals surface area contributed by atoms with Crippen LogP contribution in [-0.2, 0) is 9.53 Å². The molecule has 0 aliphatic rings. The fourth-order valence-corrected chi connectivity index (χ4v) is 3.68. The second-order valence-electron chi connectivity index (χ2n) is 6.42. The van der Waals surface area contributed by atoms with Gasteiger partial charge in [0.1, 0.15) is 0 Å². The summed E-state index contributed by atoms with van der Waals surface area (Å²) in [7, 11) is 1.58. The van der Waals surface area contributed by atoms with E-state index in [1.165, 1.54) is 16.3 Å². The van der Waals surface area contributed by atoms with Gasteiger partial charge in [-0.2, -0.15) is 5.26 Å². The van der Waals surface area contributed by atoms with Gasteiger partial charge in [-0.3, -0.25) is 14.2 Å². The monoisotopic (exact) mass is 408 g/mol. The number of carbonyl (C=O) groups excluding carboxylic acids is 1. The summed E-state index contributed by atoms with van der Waals surface area (Å²) in [5.74, 6) is -0.0666. The molecule has 3 rings (SSSR count). The summed E-state index contributed by atoms with van der Waals surface area (Å²) < 4.78 is 6.50. The molecule has 3 aromatic rings. The van der Waals surface area contributed by atoms with Gasteiger partial charge >= 0.3 is 0 Å². The first-order valence-corrected chi connectivity index (χ1v) is 9.95. The number of amides is 1. The van der Waals surface area contributed by atoms with Crippen molar-refractivity contribution >= 4 is 28.6 Å². The van der Waals surface area contributed by atoms with Crippen LogP contribution in [0.5, 0.6) is 0 Å². The Labute approximate surface area is 172 Å². The zero-order chi connectivity index (χ0) is 20.8. The number of hydrogen-bond donors (Lipinski definition) is 1. The Morgan fingerprint density at radius 1 is 1.28 bits per heavy atom. The lowest BCUT2D eigenvalue weighted by Crippen LogP contribution is -2.36. The van der Waals surface area contributed by atoms with Crippen molar-refractivity contribution in [2.75, 3.05) is 19.5 Å². The lowest BCUT2D eigenvalue weighted by Gasteiger charge is -2.15. The molecule has 1 N–H and O–H groups in total. The van der Waals surface area contributed by atoms with Crippen LogP contribution >= 0.6 is 11.8 Å². The molecule has 0 aliphatic carbocycles. The van der Waals surface area contributed by atoms with E-state index in [-0.39, 0.29) is 23.3 Å². The topological polar surface area (TPSA) is 97.0 Å². The van der Waals surface area contributed by atoms with Crippen molar-refractivity contribution in [2.45, 2.75) is 18.1 Å². The fourth-order valence-electron chi connectivity index (χ4n) is 2.86. The lowest BCUT2D eigenvalue weighted by molar-refractivity contribution is -0.119. The summed E-state index contributed by atoms with van der Waals surface area (Å²) in [6.07, 6.45) is 0. The number of aromatic nitrogens is 2. The molecule has 0 saturated heterocycles. The van der Waals surface area contributed by atoms with E-state index >= 15 is 0 Å². The van der Waals surface area contributed by atoms with Gasteiger partial charge < -0.3 is 10.1 Å². The van der Waals surface area contributed by atoms with Crippen LogP contribution in [0.4, 0.5) is 0 Å². The third kappa shape index (κ3) is 4.83. The molecule has 8 heteroatoms. The molecule has 1 amide bonds. The average Bonchev–Trinajstić information content (AvgIpc) is 2.73. The molecule has 0 radical (unpaired) electrons. The molecule has 7 nitrogen and oxygen atoms in total. The second kappa shape index (κ2) is 9.37. The Morgan fingerprint density at radius 3 is 2.69 bits per heavy atom. The van der Waals surface area contributed by atoms with Gasteiger partial charge in [-0.1, -0.05) is 23.9 Å². The van der Waals surface area contributed by atoms with Crippen molar-refractivity contribution in [3.05, 3.63) is 64.4 Å². The summed E-state index contributed by atoms with van der Waals surface area (Å²) in [4.78, 5) is 30.0. The Balaban J connectivity index is 1.97. The maximum Gasteiger partial charge on any atom is 0.266 e. The van der Waals surface area contributed by atoms with Gasteiger partial charge in [-0.05, 0) is 43.3 Å². The van der Waals surface area contributed by atoms with E-state index in [2.05, 4.69) is 16.4 Å². The van der Waals surface area contributed by atoms with Crippen LogP contribution in [0, 0.1) is 11.3 Å². The summed E-state index contributed by atoms with van der Waals surface area (Å²) in [5, 5.41) is 12.8. The smallest absolute Gasteiger partial charge is 0.266 e. The number of nitrogens with zero attached hydrogens (tertiary/aromatic N) is 3. The normalized spacial score (nSPS) is 11.8. The molecule has 1 atom stereocenters. The van der Waals surface area contributed by atoms with Crippen molar-refractivity contribution in [1.82, 2.24) is 14.9 Å². The van der Waals surface area contributed by atoms with Crippen LogP contribution < -0.4 is 10.9 Å². The van der Waals surface area contributed by atoms with E-state index in [0.717, 1.165) is 0 Å². The summed E-state index contributed by atoms with van der Waals surface area (Å²) in [6.45, 7) is 2.27. The van der Waals surface area contributed by atoms with Gasteiger partial charge in [0, 0.05) is 13.2 Å². The average molecular weight is 408 g/mol. The number of rotatable bonds is 7. The van der Waals surface area contributed by atoms with Crippen molar-refractivity contribution in [2.24, 2.45) is 0 Å². The first-order chi connectivity index (χ1) is 14.0. The maximum absolute atomic E-state index is 13.1. The fraction of sp³-hybridized carbons (Fsp3) is 0.238. The Kier molecular flexibility index (Phi) is 6.65. The van der Waals surface area contributed by atoms with Crippen LogP contribution in [0.3, 0.4) is 0 Å². The molecular weight excluding hydrogens is 388 g/mol. The van der Waals surface area contributed by atoms with E-state index in [0.29, 0.717) is 33.9 Å². The van der Waals surface area contributed by atoms with Crippen molar-refractivity contribution in [1.29, 1.82) is 5.26 Å². The number of nitriles is 1. The first kappa shape index (κ1) is 20.6. The van der Waals surface area contributed by atoms with Gasteiger partial charge in [-0.25, -0.2) is 4.98 Å². The van der Waals surface area contributed by atoms with Gasteiger partial charge in [0.2, 0.25) is 5.91 Å². The number of thioether (sulfide) groups is 1. The van der Waals surface area contributed by atoms with Gasteiger partial charge in [0.05, 0.1) is 40.6 Å². The second-order valence-corrected chi connectivity index (χ2v) is 7.37. The molecule has 29 heavy (non-hydrogen) atoms. The van der Waals surface area contributed by atoms with Crippen molar-refractivity contribution < 1.29 is 9.53 Å². The molecule has 0 fully saturated rings. The Bertz CT molecular complexity index is 1120. The molecule has 0 bridgehead atoms. The molecule has 1 aromatic heterocycles.